The van der Waals surface area contributed by atoms with Gasteiger partial charge in [0, 0.05) is 17.8 Å². The number of thiophene rings is 1. The minimum Gasteiger partial charge on any atom is -0.338 e. The average molecular weight is 327 g/mol. The molecule has 3 heterocycles. The molecule has 2 aromatic heterocycles. The van der Waals surface area contributed by atoms with Crippen LogP contribution in [0.25, 0.3) is 0 Å². The Bertz CT molecular complexity index is 707. The molecule has 6 nitrogen and oxygen atoms in total. The van der Waals surface area contributed by atoms with E-state index in [1.54, 1.807) is 16.8 Å². The van der Waals surface area contributed by atoms with E-state index in [4.69, 9.17) is 4.52 Å². The van der Waals surface area contributed by atoms with Crippen molar-refractivity contribution in [2.24, 2.45) is 0 Å². The third kappa shape index (κ3) is 2.63. The van der Waals surface area contributed by atoms with Crippen molar-refractivity contribution in [1.82, 2.24) is 14.4 Å². The van der Waals surface area contributed by atoms with Crippen LogP contribution in [0.2, 0.25) is 0 Å². The van der Waals surface area contributed by atoms with Crippen molar-refractivity contribution < 1.29 is 12.9 Å². The predicted octanol–water partition coefficient (Wildman–Crippen LogP) is 2.78. The van der Waals surface area contributed by atoms with Crippen molar-refractivity contribution in [3.63, 3.8) is 0 Å². The lowest BCUT2D eigenvalue weighted by Crippen LogP contribution is -2.30. The molecule has 2 aromatic rings. The van der Waals surface area contributed by atoms with Gasteiger partial charge in [0.2, 0.25) is 15.9 Å². The van der Waals surface area contributed by atoms with Gasteiger partial charge in [-0.3, -0.25) is 0 Å². The van der Waals surface area contributed by atoms with Crippen LogP contribution in [0, 0.1) is 0 Å². The molecule has 8 heteroatoms. The normalized spacial score (nSPS) is 20.4. The maximum atomic E-state index is 12.7. The van der Waals surface area contributed by atoms with Gasteiger partial charge < -0.3 is 4.52 Å². The van der Waals surface area contributed by atoms with Crippen LogP contribution in [0.1, 0.15) is 50.4 Å². The molecule has 0 amide bonds. The molecule has 1 unspecified atom stereocenters. The zero-order chi connectivity index (χ0) is 15.0. The minimum absolute atomic E-state index is 0.158. The second kappa shape index (κ2) is 5.51. The van der Waals surface area contributed by atoms with Gasteiger partial charge in [0.25, 0.3) is 0 Å². The molecule has 1 atom stereocenters. The highest BCUT2D eigenvalue weighted by atomic mass is 32.2. The molecule has 0 radical (unpaired) electrons. The Morgan fingerprint density at radius 1 is 1.48 bits per heavy atom. The van der Waals surface area contributed by atoms with Gasteiger partial charge in [0.1, 0.15) is 6.04 Å². The second-order valence-electron chi connectivity index (χ2n) is 5.38. The summed E-state index contributed by atoms with van der Waals surface area (Å²) in [5.74, 6) is 1.17. The molecular formula is C13H17N3O3S2. The lowest BCUT2D eigenvalue weighted by Gasteiger charge is -2.20. The van der Waals surface area contributed by atoms with Crippen LogP contribution in [0.5, 0.6) is 0 Å². The van der Waals surface area contributed by atoms with Crippen LogP contribution in [-0.4, -0.2) is 29.4 Å². The van der Waals surface area contributed by atoms with Gasteiger partial charge >= 0.3 is 0 Å². The highest BCUT2D eigenvalue weighted by Crippen LogP contribution is 2.36. The Kier molecular flexibility index (Phi) is 3.85. The summed E-state index contributed by atoms with van der Waals surface area (Å²) in [6, 6.07) is 1.28. The summed E-state index contributed by atoms with van der Waals surface area (Å²) in [7, 11) is -3.49. The van der Waals surface area contributed by atoms with E-state index < -0.39 is 10.0 Å². The van der Waals surface area contributed by atoms with Gasteiger partial charge in [-0.2, -0.15) is 20.6 Å². The van der Waals surface area contributed by atoms with Crippen LogP contribution in [0.15, 0.2) is 26.2 Å². The first-order valence-corrected chi connectivity index (χ1v) is 9.26. The van der Waals surface area contributed by atoms with Crippen molar-refractivity contribution in [3.8, 4) is 0 Å². The van der Waals surface area contributed by atoms with E-state index in [0.717, 1.165) is 6.42 Å². The molecule has 0 spiro atoms. The number of nitrogens with zero attached hydrogens (tertiary/aromatic N) is 3. The summed E-state index contributed by atoms with van der Waals surface area (Å²) in [5, 5.41) is 7.35. The molecule has 1 fully saturated rings. The van der Waals surface area contributed by atoms with E-state index in [1.807, 2.05) is 13.8 Å². The summed E-state index contributed by atoms with van der Waals surface area (Å²) < 4.78 is 32.1. The van der Waals surface area contributed by atoms with Gasteiger partial charge in [0.15, 0.2) is 5.82 Å². The van der Waals surface area contributed by atoms with Gasteiger partial charge in [-0.1, -0.05) is 19.0 Å². The Hall–Kier alpha value is -1.25. The summed E-state index contributed by atoms with van der Waals surface area (Å²) in [5.41, 5.74) is 0. The van der Waals surface area contributed by atoms with E-state index in [9.17, 15) is 8.42 Å². The lowest BCUT2D eigenvalue weighted by molar-refractivity contribution is 0.289. The molecule has 1 aliphatic heterocycles. The molecule has 3 rings (SSSR count). The van der Waals surface area contributed by atoms with E-state index >= 15 is 0 Å². The topological polar surface area (TPSA) is 76.3 Å². The number of hydrogen-bond acceptors (Lipinski definition) is 6. The minimum atomic E-state index is -3.49. The van der Waals surface area contributed by atoms with Crippen LogP contribution >= 0.6 is 11.3 Å². The quantitative estimate of drug-likeness (QED) is 0.863. The molecule has 0 N–H and O–H groups in total. The lowest BCUT2D eigenvalue weighted by atomic mass is 10.2. The zero-order valence-corrected chi connectivity index (χ0v) is 13.5. The van der Waals surface area contributed by atoms with Crippen LogP contribution in [-0.2, 0) is 10.0 Å². The van der Waals surface area contributed by atoms with Crippen LogP contribution in [0.4, 0.5) is 0 Å². The van der Waals surface area contributed by atoms with E-state index in [-0.39, 0.29) is 12.0 Å². The highest BCUT2D eigenvalue weighted by molar-refractivity contribution is 7.89. The summed E-state index contributed by atoms with van der Waals surface area (Å²) in [6.07, 6.45) is 1.51. The van der Waals surface area contributed by atoms with E-state index in [0.29, 0.717) is 29.6 Å². The maximum absolute atomic E-state index is 12.7. The Morgan fingerprint density at radius 2 is 2.29 bits per heavy atom. The number of hydrogen-bond donors (Lipinski definition) is 0. The van der Waals surface area contributed by atoms with Crippen molar-refractivity contribution >= 4 is 21.4 Å². The van der Waals surface area contributed by atoms with Crippen molar-refractivity contribution in [1.29, 1.82) is 0 Å². The first-order chi connectivity index (χ1) is 10.00. The van der Waals surface area contributed by atoms with Crippen molar-refractivity contribution in [2.45, 2.75) is 43.5 Å². The average Bonchev–Trinajstić information content (AvgIpc) is 3.19. The predicted molar refractivity (Wildman–Crippen MR) is 78.6 cm³/mol. The van der Waals surface area contributed by atoms with Gasteiger partial charge in [-0.15, -0.1) is 0 Å². The second-order valence-corrected chi connectivity index (χ2v) is 8.05. The zero-order valence-electron chi connectivity index (χ0n) is 11.9. The molecule has 0 bridgehead atoms. The Balaban J connectivity index is 1.92. The van der Waals surface area contributed by atoms with Crippen LogP contribution < -0.4 is 0 Å². The monoisotopic (exact) mass is 327 g/mol. The van der Waals surface area contributed by atoms with E-state index in [1.165, 1.54) is 15.6 Å². The highest BCUT2D eigenvalue weighted by Gasteiger charge is 2.39. The molecule has 1 aliphatic rings. The fourth-order valence-corrected chi connectivity index (χ4v) is 5.09. The largest absolute Gasteiger partial charge is 0.338 e. The third-order valence-electron chi connectivity index (χ3n) is 3.56. The molecule has 21 heavy (non-hydrogen) atoms. The van der Waals surface area contributed by atoms with Crippen molar-refractivity contribution in [2.75, 3.05) is 6.54 Å². The van der Waals surface area contributed by atoms with Gasteiger partial charge in [-0.05, 0) is 24.3 Å². The van der Waals surface area contributed by atoms with Crippen molar-refractivity contribution in [3.05, 3.63) is 28.5 Å². The molecule has 0 saturated carbocycles. The van der Waals surface area contributed by atoms with Gasteiger partial charge in [0.05, 0.1) is 4.90 Å². The fraction of sp³-hybridized carbons (Fsp3) is 0.538. The number of aromatic nitrogens is 2. The Morgan fingerprint density at radius 3 is 2.90 bits per heavy atom. The molecular weight excluding hydrogens is 310 g/mol. The van der Waals surface area contributed by atoms with Gasteiger partial charge in [-0.25, -0.2) is 8.42 Å². The van der Waals surface area contributed by atoms with Crippen LogP contribution in [0.3, 0.4) is 0 Å². The number of sulfonamides is 1. The fourth-order valence-electron chi connectivity index (χ4n) is 2.43. The Labute approximate surface area is 127 Å². The maximum Gasteiger partial charge on any atom is 0.245 e. The van der Waals surface area contributed by atoms with E-state index in [2.05, 4.69) is 10.1 Å². The first kappa shape index (κ1) is 14.7. The first-order valence-electron chi connectivity index (χ1n) is 6.87. The number of rotatable bonds is 4. The summed E-state index contributed by atoms with van der Waals surface area (Å²) in [4.78, 5) is 4.69. The molecule has 0 aromatic carbocycles. The molecule has 114 valence electrons. The standard InChI is InChI=1S/C13H17N3O3S2/c1-9(2)12-14-13(19-15-12)11-4-3-6-16(11)21(17,18)10-5-7-20-8-10/h5,7-9,11H,3-4,6H2,1-2H3. The smallest absolute Gasteiger partial charge is 0.245 e. The SMILES string of the molecule is CC(C)c1noc(C2CCCN2S(=O)(=O)c2ccsc2)n1. The molecule has 1 saturated heterocycles. The molecule has 0 aliphatic carbocycles. The third-order valence-corrected chi connectivity index (χ3v) is 6.30. The summed E-state index contributed by atoms with van der Waals surface area (Å²) >= 11 is 1.37. The summed E-state index contributed by atoms with van der Waals surface area (Å²) in [6.45, 7) is 4.44.